The predicted molar refractivity (Wildman–Crippen MR) is 149 cm³/mol. The van der Waals surface area contributed by atoms with Gasteiger partial charge in [-0.2, -0.15) is 0 Å². The fraction of sp³-hybridized carbons (Fsp3) is 0.214. The van der Waals surface area contributed by atoms with Crippen LogP contribution in [0, 0.1) is 6.92 Å². The van der Waals surface area contributed by atoms with Gasteiger partial charge < -0.3 is 24.7 Å². The highest BCUT2D eigenvalue weighted by Gasteiger charge is 2.17. The van der Waals surface area contributed by atoms with Crippen molar-refractivity contribution in [1.82, 2.24) is 9.88 Å². The Bertz CT molecular complexity index is 1490. The number of nitrogens with zero attached hydrogens (tertiary/aromatic N) is 1. The third kappa shape index (κ3) is 5.48. The van der Waals surface area contributed by atoms with Crippen molar-refractivity contribution in [2.24, 2.45) is 0 Å². The lowest BCUT2D eigenvalue weighted by Gasteiger charge is -2.26. The molecule has 0 atom stereocenters. The highest BCUT2D eigenvalue weighted by Crippen LogP contribution is 2.33. The molecule has 0 aliphatic carbocycles. The fourth-order valence-corrected chi connectivity index (χ4v) is 4.74. The van der Waals surface area contributed by atoms with E-state index >= 15 is 0 Å². The molecule has 1 aromatic heterocycles. The van der Waals surface area contributed by atoms with E-state index in [2.05, 4.69) is 29.4 Å². The second-order valence-corrected chi connectivity index (χ2v) is 9.57. The van der Waals surface area contributed by atoms with Crippen LogP contribution in [0.3, 0.4) is 0 Å². The first-order valence-corrected chi connectivity index (χ1v) is 12.6. The minimum Gasteiger partial charge on any atom is -0.486 e. The topological polar surface area (TPSA) is 66.6 Å². The molecule has 184 valence electrons. The predicted octanol–water partition coefficient (Wildman–Crippen LogP) is 5.70. The fourth-order valence-electron chi connectivity index (χ4n) is 4.28. The summed E-state index contributed by atoms with van der Waals surface area (Å²) >= 11 is 12.0. The molecular weight excluding hydrogens is 494 g/mol. The molecule has 1 aliphatic rings. The van der Waals surface area contributed by atoms with Gasteiger partial charge in [-0.05, 0) is 67.0 Å². The number of benzene rings is 3. The number of hydrogen-bond acceptors (Lipinski definition) is 4. The average Bonchev–Trinajstić information content (AvgIpc) is 2.86. The summed E-state index contributed by atoms with van der Waals surface area (Å²) in [6, 6.07) is 21.3. The van der Waals surface area contributed by atoms with Crippen molar-refractivity contribution in [3.8, 4) is 11.5 Å². The Morgan fingerprint density at radius 1 is 1.03 bits per heavy atom. The highest BCUT2D eigenvalue weighted by molar-refractivity contribution is 7.80. The molecule has 3 aromatic carbocycles. The molecule has 0 unspecified atom stereocenters. The summed E-state index contributed by atoms with van der Waals surface area (Å²) in [6.45, 7) is 4.08. The van der Waals surface area contributed by atoms with Crippen LogP contribution in [-0.4, -0.2) is 34.8 Å². The summed E-state index contributed by atoms with van der Waals surface area (Å²) in [7, 11) is 0. The monoisotopic (exact) mass is 519 g/mol. The highest BCUT2D eigenvalue weighted by atomic mass is 35.5. The lowest BCUT2D eigenvalue weighted by molar-refractivity contribution is 0.172. The number of pyridine rings is 1. The second-order valence-electron chi connectivity index (χ2n) is 8.75. The maximum Gasteiger partial charge on any atom is 0.253 e. The van der Waals surface area contributed by atoms with E-state index in [1.165, 1.54) is 11.1 Å². The molecule has 1 aliphatic heterocycles. The van der Waals surface area contributed by atoms with Crippen LogP contribution in [0.15, 0.2) is 71.5 Å². The van der Waals surface area contributed by atoms with E-state index < -0.39 is 0 Å². The molecule has 5 rings (SSSR count). The molecule has 0 saturated carbocycles. The van der Waals surface area contributed by atoms with Crippen molar-refractivity contribution in [3.63, 3.8) is 0 Å². The van der Waals surface area contributed by atoms with Crippen LogP contribution in [0.4, 0.5) is 5.69 Å². The maximum atomic E-state index is 13.1. The minimum atomic E-state index is -0.161. The number of nitrogens with one attached hydrogen (secondary N) is 2. The minimum absolute atomic E-state index is 0.161. The third-order valence-electron chi connectivity index (χ3n) is 6.22. The molecule has 36 heavy (non-hydrogen) atoms. The molecule has 0 spiro atoms. The first kappa shape index (κ1) is 24.2. The van der Waals surface area contributed by atoms with E-state index in [1.54, 1.807) is 0 Å². The average molecular weight is 520 g/mol. The molecule has 0 radical (unpaired) electrons. The second kappa shape index (κ2) is 10.6. The van der Waals surface area contributed by atoms with Gasteiger partial charge in [0, 0.05) is 34.3 Å². The first-order valence-electron chi connectivity index (χ1n) is 11.8. The zero-order valence-electron chi connectivity index (χ0n) is 19.8. The molecule has 0 amide bonds. The normalized spacial score (nSPS) is 12.4. The Hall–Kier alpha value is -3.55. The van der Waals surface area contributed by atoms with Gasteiger partial charge in [0.05, 0.1) is 12.1 Å². The quantitative estimate of drug-likeness (QED) is 0.318. The summed E-state index contributed by atoms with van der Waals surface area (Å²) in [5.74, 6) is 1.32. The number of H-pyrrole nitrogens is 1. The summed E-state index contributed by atoms with van der Waals surface area (Å²) < 4.78 is 11.4. The van der Waals surface area contributed by atoms with E-state index in [0.29, 0.717) is 59.0 Å². The summed E-state index contributed by atoms with van der Waals surface area (Å²) in [6.07, 6.45) is 0.786. The molecular formula is C28H26ClN3O3S. The Labute approximate surface area is 219 Å². The molecule has 0 saturated heterocycles. The van der Waals surface area contributed by atoms with Crippen molar-refractivity contribution < 1.29 is 9.47 Å². The van der Waals surface area contributed by atoms with Crippen LogP contribution in [-0.2, 0) is 13.0 Å². The van der Waals surface area contributed by atoms with Crippen molar-refractivity contribution in [2.45, 2.75) is 19.9 Å². The van der Waals surface area contributed by atoms with Gasteiger partial charge in [0.15, 0.2) is 16.6 Å². The van der Waals surface area contributed by atoms with Crippen molar-refractivity contribution >= 4 is 45.5 Å². The van der Waals surface area contributed by atoms with Gasteiger partial charge in [0.25, 0.3) is 5.56 Å². The summed E-state index contributed by atoms with van der Waals surface area (Å²) in [4.78, 5) is 18.1. The van der Waals surface area contributed by atoms with Gasteiger partial charge in [-0.15, -0.1) is 0 Å². The van der Waals surface area contributed by atoms with Gasteiger partial charge in [-0.3, -0.25) is 4.79 Å². The summed E-state index contributed by atoms with van der Waals surface area (Å²) in [5.41, 5.74) is 4.42. The Kier molecular flexibility index (Phi) is 7.11. The zero-order chi connectivity index (χ0) is 25.1. The van der Waals surface area contributed by atoms with E-state index in [1.807, 2.05) is 59.5 Å². The standard InChI is InChI=1S/C28H26ClN3O3S/c1-18-5-2-3-6-19(18)9-10-32(28(36)30-23-8-4-7-22(29)15-23)17-21-13-20-14-25-26(35-12-11-34-25)16-24(20)31-27(21)33/h2-8,13-16H,9-12,17H2,1H3,(H,30,36)(H,31,33). The number of ether oxygens (including phenoxy) is 2. The lowest BCUT2D eigenvalue weighted by atomic mass is 10.1. The number of rotatable bonds is 6. The summed E-state index contributed by atoms with van der Waals surface area (Å²) in [5, 5.41) is 5.29. The molecule has 0 fully saturated rings. The Morgan fingerprint density at radius 2 is 1.81 bits per heavy atom. The Morgan fingerprint density at radius 3 is 2.58 bits per heavy atom. The van der Waals surface area contributed by atoms with Gasteiger partial charge in [0.1, 0.15) is 13.2 Å². The Balaban J connectivity index is 1.43. The number of aromatic amines is 1. The number of anilines is 1. The van der Waals surface area contributed by atoms with Crippen LogP contribution in [0.5, 0.6) is 11.5 Å². The van der Waals surface area contributed by atoms with Gasteiger partial charge in [-0.1, -0.05) is 41.9 Å². The van der Waals surface area contributed by atoms with E-state index in [-0.39, 0.29) is 5.56 Å². The van der Waals surface area contributed by atoms with E-state index in [4.69, 9.17) is 33.3 Å². The lowest BCUT2D eigenvalue weighted by Crippen LogP contribution is -2.37. The number of hydrogen-bond donors (Lipinski definition) is 2. The van der Waals surface area contributed by atoms with Crippen molar-refractivity contribution in [2.75, 3.05) is 25.1 Å². The van der Waals surface area contributed by atoms with Crippen LogP contribution in [0.1, 0.15) is 16.7 Å². The van der Waals surface area contributed by atoms with Gasteiger partial charge in [-0.25, -0.2) is 0 Å². The molecule has 8 heteroatoms. The SMILES string of the molecule is Cc1ccccc1CCN(Cc1cc2cc3c(cc2[nH]c1=O)OCCO3)C(=S)Nc1cccc(Cl)c1. The molecule has 2 N–H and O–H groups in total. The molecule has 6 nitrogen and oxygen atoms in total. The number of aromatic nitrogens is 1. The number of fused-ring (bicyclic) bond motifs is 2. The van der Waals surface area contributed by atoms with Crippen LogP contribution in [0.2, 0.25) is 5.02 Å². The molecule has 0 bridgehead atoms. The zero-order valence-corrected chi connectivity index (χ0v) is 21.4. The first-order chi connectivity index (χ1) is 17.5. The smallest absolute Gasteiger partial charge is 0.253 e. The number of thiocarbonyl (C=S) groups is 1. The number of halogens is 1. The van der Waals surface area contributed by atoms with Crippen LogP contribution in [0.25, 0.3) is 10.9 Å². The van der Waals surface area contributed by atoms with Crippen LogP contribution < -0.4 is 20.3 Å². The van der Waals surface area contributed by atoms with Crippen molar-refractivity contribution in [3.05, 3.63) is 98.8 Å². The van der Waals surface area contributed by atoms with E-state index in [0.717, 1.165) is 17.5 Å². The van der Waals surface area contributed by atoms with Crippen LogP contribution >= 0.6 is 23.8 Å². The molecule has 2 heterocycles. The molecule has 4 aromatic rings. The number of aryl methyl sites for hydroxylation is 1. The third-order valence-corrected chi connectivity index (χ3v) is 6.82. The van der Waals surface area contributed by atoms with E-state index in [9.17, 15) is 4.79 Å². The van der Waals surface area contributed by atoms with Gasteiger partial charge >= 0.3 is 0 Å². The maximum absolute atomic E-state index is 13.1. The largest absolute Gasteiger partial charge is 0.486 e. The van der Waals surface area contributed by atoms with Crippen molar-refractivity contribution in [1.29, 1.82) is 0 Å². The van der Waals surface area contributed by atoms with Gasteiger partial charge in [0.2, 0.25) is 0 Å².